The SMILES string of the molecule is CCC(=O)Nc1ccccc1-c1nc2ccccc2n([C@@H](CC)C(=O)Nc2cccc(C)c2)c1=O. The maximum absolute atomic E-state index is 13.9. The van der Waals surface area contributed by atoms with Gasteiger partial charge in [-0.2, -0.15) is 0 Å². The molecule has 2 amide bonds. The average molecular weight is 469 g/mol. The number of benzene rings is 3. The normalized spacial score (nSPS) is 11.7. The highest BCUT2D eigenvalue weighted by atomic mass is 16.2. The molecule has 1 aromatic heterocycles. The maximum Gasteiger partial charge on any atom is 0.278 e. The number of carbonyl (C=O) groups excluding carboxylic acids is 2. The number of para-hydroxylation sites is 3. The molecule has 1 atom stereocenters. The van der Waals surface area contributed by atoms with E-state index in [-0.39, 0.29) is 17.5 Å². The molecular formula is C28H28N4O3. The Morgan fingerprint density at radius 1 is 0.943 bits per heavy atom. The van der Waals surface area contributed by atoms with Gasteiger partial charge in [0.1, 0.15) is 11.7 Å². The van der Waals surface area contributed by atoms with Gasteiger partial charge in [0.25, 0.3) is 5.56 Å². The molecule has 0 saturated carbocycles. The summed E-state index contributed by atoms with van der Waals surface area (Å²) in [5.41, 5.74) is 3.65. The lowest BCUT2D eigenvalue weighted by molar-refractivity contribution is -0.119. The lowest BCUT2D eigenvalue weighted by Crippen LogP contribution is -2.34. The molecule has 0 bridgehead atoms. The van der Waals surface area contributed by atoms with Gasteiger partial charge in [0.15, 0.2) is 0 Å². The van der Waals surface area contributed by atoms with E-state index in [1.165, 1.54) is 4.57 Å². The van der Waals surface area contributed by atoms with E-state index in [4.69, 9.17) is 0 Å². The third kappa shape index (κ3) is 4.99. The van der Waals surface area contributed by atoms with Gasteiger partial charge in [-0.05, 0) is 49.2 Å². The fourth-order valence-corrected chi connectivity index (χ4v) is 4.11. The van der Waals surface area contributed by atoms with E-state index in [9.17, 15) is 14.4 Å². The minimum absolute atomic E-state index is 0.164. The van der Waals surface area contributed by atoms with Gasteiger partial charge in [0.2, 0.25) is 11.8 Å². The van der Waals surface area contributed by atoms with Crippen LogP contribution in [0.5, 0.6) is 0 Å². The maximum atomic E-state index is 13.9. The molecule has 178 valence electrons. The lowest BCUT2D eigenvalue weighted by Gasteiger charge is -2.21. The Bertz CT molecular complexity index is 1460. The van der Waals surface area contributed by atoms with Crippen molar-refractivity contribution in [1.29, 1.82) is 0 Å². The molecule has 4 aromatic rings. The number of rotatable bonds is 7. The third-order valence-electron chi connectivity index (χ3n) is 5.86. The Hall–Kier alpha value is -4.26. The van der Waals surface area contributed by atoms with Crippen LogP contribution in [0.25, 0.3) is 22.3 Å². The first-order valence-corrected chi connectivity index (χ1v) is 11.7. The second kappa shape index (κ2) is 10.3. The van der Waals surface area contributed by atoms with Crippen LogP contribution in [0.4, 0.5) is 11.4 Å². The topological polar surface area (TPSA) is 93.1 Å². The van der Waals surface area contributed by atoms with Gasteiger partial charge in [0, 0.05) is 17.7 Å². The number of aromatic nitrogens is 2. The number of nitrogens with one attached hydrogen (secondary N) is 2. The van der Waals surface area contributed by atoms with Crippen molar-refractivity contribution in [1.82, 2.24) is 9.55 Å². The van der Waals surface area contributed by atoms with Crippen molar-refractivity contribution in [3.05, 3.63) is 88.7 Å². The molecule has 3 aromatic carbocycles. The van der Waals surface area contributed by atoms with Crippen LogP contribution >= 0.6 is 0 Å². The van der Waals surface area contributed by atoms with Gasteiger partial charge in [-0.25, -0.2) is 4.98 Å². The summed E-state index contributed by atoms with van der Waals surface area (Å²) in [5.74, 6) is -0.447. The molecule has 0 aliphatic rings. The van der Waals surface area contributed by atoms with Crippen LogP contribution < -0.4 is 16.2 Å². The minimum Gasteiger partial charge on any atom is -0.325 e. The number of carbonyl (C=O) groups is 2. The Labute approximate surface area is 203 Å². The molecule has 0 unspecified atom stereocenters. The highest BCUT2D eigenvalue weighted by Gasteiger charge is 2.25. The van der Waals surface area contributed by atoms with E-state index in [1.807, 2.05) is 56.3 Å². The van der Waals surface area contributed by atoms with E-state index in [2.05, 4.69) is 15.6 Å². The summed E-state index contributed by atoms with van der Waals surface area (Å²) in [7, 11) is 0. The van der Waals surface area contributed by atoms with Gasteiger partial charge >= 0.3 is 0 Å². The predicted octanol–water partition coefficient (Wildman–Crippen LogP) is 5.31. The molecule has 7 heteroatoms. The summed E-state index contributed by atoms with van der Waals surface area (Å²) < 4.78 is 1.52. The summed E-state index contributed by atoms with van der Waals surface area (Å²) in [6, 6.07) is 21.1. The Morgan fingerprint density at radius 3 is 2.43 bits per heavy atom. The molecule has 35 heavy (non-hydrogen) atoms. The van der Waals surface area contributed by atoms with Gasteiger partial charge in [0.05, 0.1) is 16.7 Å². The molecule has 0 spiro atoms. The number of amides is 2. The summed E-state index contributed by atoms with van der Waals surface area (Å²) in [4.78, 5) is 44.1. The molecule has 4 rings (SSSR count). The second-order valence-corrected chi connectivity index (χ2v) is 8.35. The summed E-state index contributed by atoms with van der Waals surface area (Å²) in [6.07, 6.45) is 0.708. The largest absolute Gasteiger partial charge is 0.325 e. The number of aryl methyl sites for hydroxylation is 1. The first kappa shape index (κ1) is 23.9. The molecule has 1 heterocycles. The van der Waals surface area contributed by atoms with Gasteiger partial charge < -0.3 is 10.6 Å². The standard InChI is InChI=1S/C28H28N4O3/c1-4-23(27(34)29-19-12-10-11-18(3)17-19)32-24-16-9-8-15-22(24)31-26(28(32)35)20-13-6-7-14-21(20)30-25(33)5-2/h6-17,23H,4-5H2,1-3H3,(H,29,34)(H,30,33)/t23-/m0/s1. The van der Waals surface area contributed by atoms with Crippen molar-refractivity contribution < 1.29 is 9.59 Å². The van der Waals surface area contributed by atoms with Crippen LogP contribution in [-0.4, -0.2) is 21.4 Å². The smallest absolute Gasteiger partial charge is 0.278 e. The van der Waals surface area contributed by atoms with Crippen LogP contribution in [0.2, 0.25) is 0 Å². The molecular weight excluding hydrogens is 440 g/mol. The monoisotopic (exact) mass is 468 g/mol. The summed E-state index contributed by atoms with van der Waals surface area (Å²) in [6.45, 7) is 5.59. The van der Waals surface area contributed by atoms with Gasteiger partial charge in [-0.15, -0.1) is 0 Å². The molecule has 0 fully saturated rings. The Morgan fingerprint density at radius 2 is 1.69 bits per heavy atom. The number of nitrogens with zero attached hydrogens (tertiary/aromatic N) is 2. The molecule has 2 N–H and O–H groups in total. The third-order valence-corrected chi connectivity index (χ3v) is 5.86. The van der Waals surface area contributed by atoms with E-state index >= 15 is 0 Å². The van der Waals surface area contributed by atoms with Crippen molar-refractivity contribution in [3.8, 4) is 11.3 Å². The molecule has 0 radical (unpaired) electrons. The quantitative estimate of drug-likeness (QED) is 0.384. The van der Waals surface area contributed by atoms with Crippen molar-refractivity contribution in [2.24, 2.45) is 0 Å². The molecule has 0 saturated heterocycles. The van der Waals surface area contributed by atoms with Gasteiger partial charge in [-0.3, -0.25) is 19.0 Å². The first-order valence-electron chi connectivity index (χ1n) is 11.7. The zero-order valence-corrected chi connectivity index (χ0v) is 20.0. The van der Waals surface area contributed by atoms with E-state index < -0.39 is 11.6 Å². The average Bonchev–Trinajstić information content (AvgIpc) is 2.86. The number of fused-ring (bicyclic) bond motifs is 1. The van der Waals surface area contributed by atoms with E-state index in [0.717, 1.165) is 5.56 Å². The zero-order chi connectivity index (χ0) is 24.9. The van der Waals surface area contributed by atoms with Gasteiger partial charge in [-0.1, -0.05) is 56.3 Å². The minimum atomic E-state index is -0.757. The predicted molar refractivity (Wildman–Crippen MR) is 139 cm³/mol. The summed E-state index contributed by atoms with van der Waals surface area (Å²) >= 11 is 0. The number of anilines is 2. The van der Waals surface area contributed by atoms with Crippen LogP contribution in [0.15, 0.2) is 77.6 Å². The second-order valence-electron chi connectivity index (χ2n) is 8.35. The zero-order valence-electron chi connectivity index (χ0n) is 20.0. The van der Waals surface area contributed by atoms with Crippen LogP contribution in [0.3, 0.4) is 0 Å². The molecule has 0 aliphatic carbocycles. The van der Waals surface area contributed by atoms with Crippen molar-refractivity contribution in [3.63, 3.8) is 0 Å². The fraction of sp³-hybridized carbons (Fsp3) is 0.214. The van der Waals surface area contributed by atoms with Crippen LogP contribution in [0, 0.1) is 6.92 Å². The van der Waals surface area contributed by atoms with E-state index in [0.29, 0.717) is 40.8 Å². The fourth-order valence-electron chi connectivity index (χ4n) is 4.11. The highest BCUT2D eigenvalue weighted by Crippen LogP contribution is 2.27. The van der Waals surface area contributed by atoms with Crippen molar-refractivity contribution >= 4 is 34.2 Å². The number of hydrogen-bond acceptors (Lipinski definition) is 4. The Balaban J connectivity index is 1.87. The van der Waals surface area contributed by atoms with Crippen molar-refractivity contribution in [2.45, 2.75) is 39.7 Å². The number of hydrogen-bond donors (Lipinski definition) is 2. The van der Waals surface area contributed by atoms with E-state index in [1.54, 1.807) is 37.3 Å². The first-order chi connectivity index (χ1) is 16.9. The Kier molecular flexibility index (Phi) is 7.06. The van der Waals surface area contributed by atoms with Crippen molar-refractivity contribution in [2.75, 3.05) is 10.6 Å². The molecule has 7 nitrogen and oxygen atoms in total. The van der Waals surface area contributed by atoms with Crippen LogP contribution in [0.1, 0.15) is 38.3 Å². The lowest BCUT2D eigenvalue weighted by atomic mass is 10.1. The molecule has 0 aliphatic heterocycles. The highest BCUT2D eigenvalue weighted by molar-refractivity contribution is 5.96. The van der Waals surface area contributed by atoms with Crippen LogP contribution in [-0.2, 0) is 9.59 Å². The summed E-state index contributed by atoms with van der Waals surface area (Å²) in [5, 5.41) is 5.80.